The van der Waals surface area contributed by atoms with Crippen molar-refractivity contribution in [2.24, 2.45) is 11.7 Å². The lowest BCUT2D eigenvalue weighted by atomic mass is 9.90. The van der Waals surface area contributed by atoms with Crippen LogP contribution in [0, 0.1) is 5.92 Å². The molecule has 3 rings (SSSR count). The summed E-state index contributed by atoms with van der Waals surface area (Å²) in [4.78, 5) is 18.9. The second kappa shape index (κ2) is 9.16. The number of thiazole rings is 1. The number of benzene rings is 1. The minimum Gasteiger partial charge on any atom is -0.337 e. The first-order valence-electron chi connectivity index (χ1n) is 8.24. The highest BCUT2D eigenvalue weighted by Gasteiger charge is 2.25. The Balaban J connectivity index is 0.00000208. The van der Waals surface area contributed by atoms with Crippen LogP contribution in [0.4, 0.5) is 0 Å². The largest absolute Gasteiger partial charge is 0.337 e. The van der Waals surface area contributed by atoms with E-state index in [1.54, 1.807) is 0 Å². The molecule has 2 N–H and O–H groups in total. The second-order valence-electron chi connectivity index (χ2n) is 6.09. The van der Waals surface area contributed by atoms with Gasteiger partial charge in [0.2, 0.25) is 0 Å². The van der Waals surface area contributed by atoms with Crippen LogP contribution in [0.5, 0.6) is 0 Å². The average Bonchev–Trinajstić information content (AvgIpc) is 3.05. The van der Waals surface area contributed by atoms with Crippen LogP contribution in [-0.2, 0) is 12.8 Å². The first kappa shape index (κ1) is 18.9. The van der Waals surface area contributed by atoms with Crippen LogP contribution >= 0.6 is 23.7 Å². The summed E-state index contributed by atoms with van der Waals surface area (Å²) in [6.45, 7) is 2.24. The van der Waals surface area contributed by atoms with E-state index < -0.39 is 0 Å². The van der Waals surface area contributed by atoms with Gasteiger partial charge in [0.25, 0.3) is 5.91 Å². The standard InChI is InChI=1S/C18H23N3OS.ClH/c19-9-6-17-20-16(13-23-17)18(22)21-10-7-15(8-11-21)12-14-4-2-1-3-5-14;/h1-5,13,15H,6-12,19H2;1H. The zero-order valence-corrected chi connectivity index (χ0v) is 15.3. The number of aromatic nitrogens is 1. The fourth-order valence-electron chi connectivity index (χ4n) is 3.10. The Kier molecular flexibility index (Phi) is 7.21. The van der Waals surface area contributed by atoms with Crippen molar-refractivity contribution in [2.45, 2.75) is 25.7 Å². The summed E-state index contributed by atoms with van der Waals surface area (Å²) >= 11 is 1.53. The van der Waals surface area contributed by atoms with Crippen molar-refractivity contribution in [1.29, 1.82) is 0 Å². The highest BCUT2D eigenvalue weighted by Crippen LogP contribution is 2.23. The molecule has 0 spiro atoms. The van der Waals surface area contributed by atoms with Gasteiger partial charge in [-0.1, -0.05) is 30.3 Å². The number of carbonyl (C=O) groups is 1. The quantitative estimate of drug-likeness (QED) is 0.885. The maximum Gasteiger partial charge on any atom is 0.273 e. The van der Waals surface area contributed by atoms with Crippen LogP contribution in [0.15, 0.2) is 35.7 Å². The van der Waals surface area contributed by atoms with Gasteiger partial charge in [0, 0.05) is 24.9 Å². The molecule has 1 aliphatic rings. The Morgan fingerprint density at radius 1 is 1.25 bits per heavy atom. The first-order chi connectivity index (χ1) is 11.3. The number of hydrogen-bond donors (Lipinski definition) is 1. The number of hydrogen-bond acceptors (Lipinski definition) is 4. The summed E-state index contributed by atoms with van der Waals surface area (Å²) in [5, 5.41) is 2.82. The fraction of sp³-hybridized carbons (Fsp3) is 0.444. The zero-order valence-electron chi connectivity index (χ0n) is 13.7. The summed E-state index contributed by atoms with van der Waals surface area (Å²) in [5.74, 6) is 0.743. The van der Waals surface area contributed by atoms with E-state index in [1.165, 1.54) is 16.9 Å². The molecule has 2 heterocycles. The topological polar surface area (TPSA) is 59.2 Å². The Morgan fingerprint density at radius 3 is 2.62 bits per heavy atom. The molecule has 2 aromatic rings. The van der Waals surface area contributed by atoms with E-state index in [4.69, 9.17) is 5.73 Å². The molecule has 0 aliphatic carbocycles. The van der Waals surface area contributed by atoms with E-state index >= 15 is 0 Å². The molecule has 0 radical (unpaired) electrons. The molecule has 1 aromatic carbocycles. The Hall–Kier alpha value is -1.43. The Labute approximate surface area is 153 Å². The van der Waals surface area contributed by atoms with Crippen molar-refractivity contribution in [2.75, 3.05) is 19.6 Å². The number of piperidine rings is 1. The normalized spacial score (nSPS) is 15.1. The molecule has 24 heavy (non-hydrogen) atoms. The van der Waals surface area contributed by atoms with E-state index in [0.717, 1.165) is 43.8 Å². The van der Waals surface area contributed by atoms with E-state index in [-0.39, 0.29) is 18.3 Å². The van der Waals surface area contributed by atoms with Crippen LogP contribution in [0.2, 0.25) is 0 Å². The number of nitrogens with zero attached hydrogens (tertiary/aromatic N) is 2. The van der Waals surface area contributed by atoms with Gasteiger partial charge in [-0.2, -0.15) is 0 Å². The van der Waals surface area contributed by atoms with Gasteiger partial charge in [-0.3, -0.25) is 4.79 Å². The average molecular weight is 366 g/mol. The summed E-state index contributed by atoms with van der Waals surface area (Å²) in [7, 11) is 0. The second-order valence-corrected chi connectivity index (χ2v) is 7.03. The van der Waals surface area contributed by atoms with Crippen LogP contribution in [-0.4, -0.2) is 35.4 Å². The molecule has 0 saturated carbocycles. The van der Waals surface area contributed by atoms with Crippen LogP contribution in [0.3, 0.4) is 0 Å². The molecule has 0 bridgehead atoms. The van der Waals surface area contributed by atoms with Crippen LogP contribution in [0.25, 0.3) is 0 Å². The molecule has 1 aliphatic heterocycles. The zero-order chi connectivity index (χ0) is 16.1. The number of carbonyl (C=O) groups excluding carboxylic acids is 1. The third-order valence-corrected chi connectivity index (χ3v) is 5.31. The van der Waals surface area contributed by atoms with E-state index in [9.17, 15) is 4.79 Å². The van der Waals surface area contributed by atoms with Gasteiger partial charge in [0.05, 0.1) is 5.01 Å². The van der Waals surface area contributed by atoms with Crippen LogP contribution < -0.4 is 5.73 Å². The van der Waals surface area contributed by atoms with Crippen molar-refractivity contribution < 1.29 is 4.79 Å². The van der Waals surface area contributed by atoms with Crippen molar-refractivity contribution in [3.8, 4) is 0 Å². The SMILES string of the molecule is Cl.NCCc1nc(C(=O)N2CCC(Cc3ccccc3)CC2)cs1. The molecule has 4 nitrogen and oxygen atoms in total. The minimum absolute atomic E-state index is 0. The summed E-state index contributed by atoms with van der Waals surface area (Å²) in [6, 6.07) is 10.6. The van der Waals surface area contributed by atoms with Crippen LogP contribution in [0.1, 0.15) is 33.9 Å². The first-order valence-corrected chi connectivity index (χ1v) is 9.12. The third-order valence-electron chi connectivity index (χ3n) is 4.40. The number of amides is 1. The predicted octanol–water partition coefficient (Wildman–Crippen LogP) is 3.16. The monoisotopic (exact) mass is 365 g/mol. The number of likely N-dealkylation sites (tertiary alicyclic amines) is 1. The molecule has 1 aromatic heterocycles. The molecule has 1 saturated heterocycles. The van der Waals surface area contributed by atoms with Crippen molar-refractivity contribution in [1.82, 2.24) is 9.88 Å². The van der Waals surface area contributed by atoms with Crippen molar-refractivity contribution in [3.63, 3.8) is 0 Å². The minimum atomic E-state index is 0. The molecule has 130 valence electrons. The number of rotatable bonds is 5. The lowest BCUT2D eigenvalue weighted by Gasteiger charge is -2.31. The Morgan fingerprint density at radius 2 is 1.96 bits per heavy atom. The summed E-state index contributed by atoms with van der Waals surface area (Å²) in [5.41, 5.74) is 7.51. The molecule has 0 atom stereocenters. The van der Waals surface area contributed by atoms with Gasteiger partial charge in [-0.05, 0) is 37.3 Å². The van der Waals surface area contributed by atoms with Gasteiger partial charge >= 0.3 is 0 Å². The molecule has 6 heteroatoms. The number of nitrogens with two attached hydrogens (primary N) is 1. The van der Waals surface area contributed by atoms with Crippen molar-refractivity contribution in [3.05, 3.63) is 52.0 Å². The molecular weight excluding hydrogens is 342 g/mol. The highest BCUT2D eigenvalue weighted by atomic mass is 35.5. The summed E-state index contributed by atoms with van der Waals surface area (Å²) in [6.07, 6.45) is 4.00. The highest BCUT2D eigenvalue weighted by molar-refractivity contribution is 7.09. The lowest BCUT2D eigenvalue weighted by molar-refractivity contribution is 0.0685. The Bertz CT molecular complexity index is 639. The lowest BCUT2D eigenvalue weighted by Crippen LogP contribution is -2.39. The maximum atomic E-state index is 12.5. The molecular formula is C18H24ClN3OS. The molecule has 0 unspecified atom stereocenters. The van der Waals surface area contributed by atoms with Gasteiger partial charge in [0.1, 0.15) is 5.69 Å². The van der Waals surface area contributed by atoms with Gasteiger partial charge in [-0.25, -0.2) is 4.98 Å². The van der Waals surface area contributed by atoms with Gasteiger partial charge in [0.15, 0.2) is 0 Å². The predicted molar refractivity (Wildman–Crippen MR) is 101 cm³/mol. The van der Waals surface area contributed by atoms with Gasteiger partial charge < -0.3 is 10.6 Å². The van der Waals surface area contributed by atoms with Crippen molar-refractivity contribution >= 4 is 29.7 Å². The van der Waals surface area contributed by atoms with E-state index in [2.05, 4.69) is 35.3 Å². The number of halogens is 1. The fourth-order valence-corrected chi connectivity index (χ4v) is 3.88. The van der Waals surface area contributed by atoms with E-state index in [0.29, 0.717) is 18.2 Å². The molecule has 1 fully saturated rings. The van der Waals surface area contributed by atoms with E-state index in [1.807, 2.05) is 10.3 Å². The molecule has 1 amide bonds. The maximum absolute atomic E-state index is 12.5. The smallest absolute Gasteiger partial charge is 0.273 e. The van der Waals surface area contributed by atoms with Gasteiger partial charge in [-0.15, -0.1) is 23.7 Å². The third kappa shape index (κ3) is 4.79. The summed E-state index contributed by atoms with van der Waals surface area (Å²) < 4.78 is 0.